The van der Waals surface area contributed by atoms with E-state index in [0.29, 0.717) is 61.9 Å². The first-order valence-electron chi connectivity index (χ1n) is 27.7. The first kappa shape index (κ1) is 60.4. The lowest BCUT2D eigenvalue weighted by molar-refractivity contribution is -0.141. The second-order valence-corrected chi connectivity index (χ2v) is 20.2. The molecular formula is C62H67N11O10S. The number of fused-ring (bicyclic) bond motifs is 3. The van der Waals surface area contributed by atoms with E-state index >= 15 is 0 Å². The van der Waals surface area contributed by atoms with E-state index in [-0.39, 0.29) is 45.8 Å². The van der Waals surface area contributed by atoms with E-state index in [2.05, 4.69) is 38.3 Å². The highest BCUT2D eigenvalue weighted by Crippen LogP contribution is 2.38. The third-order valence-electron chi connectivity index (χ3n) is 14.1. The summed E-state index contributed by atoms with van der Waals surface area (Å²) >= 11 is 5.22. The van der Waals surface area contributed by atoms with Crippen LogP contribution in [0.1, 0.15) is 97.4 Å². The van der Waals surface area contributed by atoms with Crippen LogP contribution in [-0.2, 0) is 23.2 Å². The third kappa shape index (κ3) is 14.5. The maximum atomic E-state index is 14.1. The van der Waals surface area contributed by atoms with Gasteiger partial charge in [-0.15, -0.1) is 5.10 Å². The Labute approximate surface area is 490 Å². The minimum Gasteiger partial charge on any atom is -0.506 e. The van der Waals surface area contributed by atoms with Crippen molar-refractivity contribution in [2.45, 2.75) is 84.7 Å². The number of nitrogens with one attached hydrogen (secondary N) is 2. The fourth-order valence-electron chi connectivity index (χ4n) is 9.52. The van der Waals surface area contributed by atoms with E-state index in [1.54, 1.807) is 90.8 Å². The van der Waals surface area contributed by atoms with Gasteiger partial charge in [-0.05, 0) is 90.1 Å². The standard InChI is InChI=1S/C37H43N5O4.C25H24N6O6S/c1-3-4-5-6-7-8-9-10-11-16-26-41(37(45)42-33-21-14-12-19-30(33)39-40-42)32-22-17-18-28-27(32)24-25-29(35(28)43)36(44)38-31-20-13-15-23-34(31)46-2;1-15-8-4-7-11-19(15)26-23(34)18-12-20(16-9-5-6-10-17(16)22(18)33)37-25(35)30(13-21(32)36-3)14-31-24(38)29(2)27-28-31/h12-15,17-25,43H,3-11,16,26H2,1-2H3,(H,38,44);4-12,33H,13-14H2,1-3H3,(H,26,34). The maximum absolute atomic E-state index is 14.1. The Kier molecular flexibility index (Phi) is 20.7. The summed E-state index contributed by atoms with van der Waals surface area (Å²) in [5, 5.41) is 45.7. The predicted octanol–water partition coefficient (Wildman–Crippen LogP) is 12.3. The number of anilines is 3. The zero-order valence-electron chi connectivity index (χ0n) is 47.5. The molecule has 0 saturated heterocycles. The third-order valence-corrected chi connectivity index (χ3v) is 14.6. The molecular weight excluding hydrogens is 1090 g/mol. The van der Waals surface area contributed by atoms with Gasteiger partial charge in [0, 0.05) is 40.8 Å². The van der Waals surface area contributed by atoms with Gasteiger partial charge in [-0.3, -0.25) is 24.2 Å². The Morgan fingerprint density at radius 3 is 1.94 bits per heavy atom. The molecule has 0 fully saturated rings. The lowest BCUT2D eigenvalue weighted by Crippen LogP contribution is -2.39. The van der Waals surface area contributed by atoms with Crippen molar-refractivity contribution in [2.75, 3.05) is 42.8 Å². The number of esters is 1. The van der Waals surface area contributed by atoms with Gasteiger partial charge in [0.25, 0.3) is 11.8 Å². The van der Waals surface area contributed by atoms with Crippen LogP contribution in [0.3, 0.4) is 0 Å². The first-order valence-corrected chi connectivity index (χ1v) is 28.1. The number of hydrogen-bond acceptors (Lipinski definition) is 15. The summed E-state index contributed by atoms with van der Waals surface area (Å²) in [6, 6.07) is 37.9. The number of aromatic hydroxyl groups is 2. The average Bonchev–Trinajstić information content (AvgIpc) is 2.67. The molecule has 0 spiro atoms. The molecule has 9 aromatic rings. The summed E-state index contributed by atoms with van der Waals surface area (Å²) in [6.07, 6.45) is 10.9. The van der Waals surface area contributed by atoms with Crippen molar-refractivity contribution in [1.82, 2.24) is 39.7 Å². The van der Waals surface area contributed by atoms with Crippen molar-refractivity contribution in [3.8, 4) is 23.0 Å². The van der Waals surface area contributed by atoms with Crippen LogP contribution in [0.4, 0.5) is 26.7 Å². The Hall–Kier alpha value is -9.70. The highest BCUT2D eigenvalue weighted by molar-refractivity contribution is 7.71. The van der Waals surface area contributed by atoms with Gasteiger partial charge in [0.1, 0.15) is 41.7 Å². The van der Waals surface area contributed by atoms with Gasteiger partial charge in [-0.25, -0.2) is 14.3 Å². The number of aryl methyl sites for hydroxylation is 2. The summed E-state index contributed by atoms with van der Waals surface area (Å²) in [5.41, 5.74) is 3.79. The molecule has 84 heavy (non-hydrogen) atoms. The molecule has 0 radical (unpaired) electrons. The molecule has 22 heteroatoms. The number of methoxy groups -OCH3 is 2. The van der Waals surface area contributed by atoms with Gasteiger partial charge in [-0.1, -0.05) is 155 Å². The normalized spacial score (nSPS) is 11.0. The number of phenolic OH excluding ortho intramolecular Hbond substituents is 2. The number of carbonyl (C=O) groups excluding carboxylic acids is 5. The minimum atomic E-state index is -0.941. The van der Waals surface area contributed by atoms with Crippen LogP contribution >= 0.6 is 12.2 Å². The van der Waals surface area contributed by atoms with E-state index in [4.69, 9.17) is 26.4 Å². The molecule has 4 N–H and O–H groups in total. The smallest absolute Gasteiger partial charge is 0.417 e. The van der Waals surface area contributed by atoms with Crippen molar-refractivity contribution < 1.29 is 48.4 Å². The van der Waals surface area contributed by atoms with Crippen LogP contribution in [0.2, 0.25) is 0 Å². The molecule has 2 aromatic heterocycles. The highest BCUT2D eigenvalue weighted by Gasteiger charge is 2.27. The van der Waals surface area contributed by atoms with E-state index < -0.39 is 30.4 Å². The van der Waals surface area contributed by atoms with E-state index in [9.17, 15) is 34.2 Å². The Morgan fingerprint density at radius 1 is 0.631 bits per heavy atom. The molecule has 0 aliphatic heterocycles. The highest BCUT2D eigenvalue weighted by atomic mass is 32.1. The molecule has 2 heterocycles. The second-order valence-electron chi connectivity index (χ2n) is 19.8. The Balaban J connectivity index is 0.000000223. The molecule has 436 valence electrons. The van der Waals surface area contributed by atoms with E-state index in [0.717, 1.165) is 29.7 Å². The number of amides is 4. The monoisotopic (exact) mass is 1160 g/mol. The summed E-state index contributed by atoms with van der Waals surface area (Å²) in [7, 11) is 4.30. The largest absolute Gasteiger partial charge is 0.506 e. The number of para-hydroxylation sites is 4. The number of tetrazole rings is 1. The number of ether oxygens (including phenoxy) is 3. The van der Waals surface area contributed by atoms with Crippen molar-refractivity contribution in [3.05, 3.63) is 155 Å². The number of phenols is 2. The fourth-order valence-corrected chi connectivity index (χ4v) is 9.65. The zero-order chi connectivity index (χ0) is 59.7. The minimum absolute atomic E-state index is 0.00376. The number of benzene rings is 7. The van der Waals surface area contributed by atoms with Gasteiger partial charge in [0.05, 0.1) is 42.2 Å². The summed E-state index contributed by atoms with van der Waals surface area (Å²) in [4.78, 5) is 68.6. The van der Waals surface area contributed by atoms with Crippen molar-refractivity contribution in [1.29, 1.82) is 0 Å². The number of carbonyl (C=O) groups is 5. The molecule has 0 saturated carbocycles. The topological polar surface area (TPSA) is 250 Å². The SMILES string of the molecule is CCCCCCCCCCCCN(C(=O)n1nnc2ccccc21)c1cccc2c(O)c(C(=O)Nc3ccccc3OC)ccc12.COC(=O)CN(Cn1nnn(C)c1=S)C(=O)Oc1cc(C(=O)Nc2ccccc2C)c(O)c2ccccc12. The van der Waals surface area contributed by atoms with Crippen LogP contribution < -0.4 is 25.0 Å². The number of unbranched alkanes of at least 4 members (excludes halogenated alkanes) is 9. The second kappa shape index (κ2) is 28.8. The van der Waals surface area contributed by atoms with Gasteiger partial charge < -0.3 is 35.1 Å². The number of aromatic nitrogens is 7. The van der Waals surface area contributed by atoms with Gasteiger partial charge >= 0.3 is 18.1 Å². The number of hydrogen-bond donors (Lipinski definition) is 4. The molecule has 0 unspecified atom stereocenters. The van der Waals surface area contributed by atoms with Crippen LogP contribution in [-0.4, -0.2) is 107 Å². The number of rotatable bonds is 22. The fraction of sp³-hybridized carbons (Fsp3) is 0.290. The maximum Gasteiger partial charge on any atom is 0.417 e. The molecule has 7 aromatic carbocycles. The summed E-state index contributed by atoms with van der Waals surface area (Å²) < 4.78 is 19.8. The molecule has 21 nitrogen and oxygen atoms in total. The van der Waals surface area contributed by atoms with E-state index in [1.807, 2.05) is 55.5 Å². The lowest BCUT2D eigenvalue weighted by atomic mass is 10.0. The van der Waals surface area contributed by atoms with Gasteiger partial charge in [0.2, 0.25) is 4.77 Å². The number of nitrogens with zero attached hydrogens (tertiary/aromatic N) is 9. The van der Waals surface area contributed by atoms with Gasteiger partial charge in [0.15, 0.2) is 0 Å². The summed E-state index contributed by atoms with van der Waals surface area (Å²) in [6.45, 7) is 3.82. The van der Waals surface area contributed by atoms with Crippen LogP contribution in [0.5, 0.6) is 23.0 Å². The predicted molar refractivity (Wildman–Crippen MR) is 323 cm³/mol. The van der Waals surface area contributed by atoms with Crippen molar-refractivity contribution in [3.63, 3.8) is 0 Å². The van der Waals surface area contributed by atoms with Crippen LogP contribution in [0.25, 0.3) is 32.6 Å². The Bertz CT molecular complexity index is 3880. The van der Waals surface area contributed by atoms with Gasteiger partial charge in [-0.2, -0.15) is 9.36 Å². The molecule has 0 bridgehead atoms. The Morgan fingerprint density at radius 2 is 1.24 bits per heavy atom. The van der Waals surface area contributed by atoms with Crippen molar-refractivity contribution in [2.24, 2.45) is 7.05 Å². The van der Waals surface area contributed by atoms with Crippen LogP contribution in [0, 0.1) is 11.7 Å². The summed E-state index contributed by atoms with van der Waals surface area (Å²) in [5.74, 6) is -1.70. The van der Waals surface area contributed by atoms with E-state index in [1.165, 1.54) is 79.3 Å². The molecule has 4 amide bonds. The average molecular weight is 1160 g/mol. The zero-order valence-corrected chi connectivity index (χ0v) is 48.3. The molecule has 0 atom stereocenters. The molecule has 0 aliphatic rings. The molecule has 0 aliphatic carbocycles. The lowest BCUT2D eigenvalue weighted by Gasteiger charge is -2.24. The molecule has 9 rings (SSSR count). The first-order chi connectivity index (χ1) is 40.7. The quantitative estimate of drug-likeness (QED) is 0.0280. The van der Waals surface area contributed by atoms with Crippen molar-refractivity contribution >= 4 is 91.8 Å². The van der Waals surface area contributed by atoms with Crippen LogP contribution in [0.15, 0.2) is 133 Å².